The molecule has 0 fully saturated rings. The number of aryl methyl sites for hydroxylation is 2. The number of aromatic nitrogens is 4. The first-order valence-electron chi connectivity index (χ1n) is 23.7. The third kappa shape index (κ3) is 7.97. The lowest BCUT2D eigenvalue weighted by Crippen LogP contribution is -2.10. The quantitative estimate of drug-likeness (QED) is 0.130. The highest BCUT2D eigenvalue weighted by Gasteiger charge is 2.20. The van der Waals surface area contributed by atoms with Gasteiger partial charge in [-0.2, -0.15) is 0 Å². The van der Waals surface area contributed by atoms with Gasteiger partial charge >= 0.3 is 0 Å². The van der Waals surface area contributed by atoms with Crippen LogP contribution in [0, 0.1) is 13.8 Å². The lowest BCUT2D eigenvalue weighted by Gasteiger charge is -2.26. The fourth-order valence-electron chi connectivity index (χ4n) is 9.72. The van der Waals surface area contributed by atoms with Crippen LogP contribution < -0.4 is 9.80 Å². The van der Waals surface area contributed by atoms with Crippen LogP contribution in [-0.4, -0.2) is 18.8 Å². The number of imidazole rings is 2. The molecular formula is C64H48N6. The maximum absolute atomic E-state index is 5.14. The Balaban J connectivity index is 0.840. The molecule has 0 saturated heterocycles. The molecule has 334 valence electrons. The summed E-state index contributed by atoms with van der Waals surface area (Å²) in [4.78, 5) is 14.9. The Bertz CT molecular complexity index is 3510. The van der Waals surface area contributed by atoms with E-state index >= 15 is 0 Å². The predicted octanol–water partition coefficient (Wildman–Crippen LogP) is 16.9. The van der Waals surface area contributed by atoms with Gasteiger partial charge < -0.3 is 9.80 Å². The largest absolute Gasteiger partial charge is 0.311 e. The van der Waals surface area contributed by atoms with Crippen molar-refractivity contribution in [3.63, 3.8) is 0 Å². The molecule has 0 radical (unpaired) electrons. The van der Waals surface area contributed by atoms with Gasteiger partial charge in [0, 0.05) is 68.8 Å². The van der Waals surface area contributed by atoms with Gasteiger partial charge in [0.2, 0.25) is 0 Å². The number of para-hydroxylation sites is 2. The molecule has 4 heterocycles. The van der Waals surface area contributed by atoms with Crippen LogP contribution in [0.4, 0.5) is 34.1 Å². The SMILES string of the molecule is Cc1cccc(-c2c(-c3ccc(N(c4ccccc4)c4ccc(-c5ccc(N(c6ccccc6)c6ccc(-c7nc8ccccn8c7-c7cccc(C)c7)cc6)cc5)cc4)cc3)nc3ccccn23)c1. The first-order valence-corrected chi connectivity index (χ1v) is 23.7. The summed E-state index contributed by atoms with van der Waals surface area (Å²) in [6, 6.07) is 86.1. The van der Waals surface area contributed by atoms with Gasteiger partial charge in [-0.3, -0.25) is 8.80 Å². The highest BCUT2D eigenvalue weighted by atomic mass is 15.1. The molecule has 0 N–H and O–H groups in total. The van der Waals surface area contributed by atoms with Crippen LogP contribution >= 0.6 is 0 Å². The Morgan fingerprint density at radius 1 is 0.286 bits per heavy atom. The van der Waals surface area contributed by atoms with Crippen molar-refractivity contribution in [2.24, 2.45) is 0 Å². The van der Waals surface area contributed by atoms with Crippen LogP contribution in [0.2, 0.25) is 0 Å². The van der Waals surface area contributed by atoms with Crippen molar-refractivity contribution in [3.8, 4) is 56.2 Å². The fraction of sp³-hybridized carbons (Fsp3) is 0.0312. The molecule has 0 bridgehead atoms. The molecule has 6 heteroatoms. The average Bonchev–Trinajstić information content (AvgIpc) is 4.00. The summed E-state index contributed by atoms with van der Waals surface area (Å²) in [5.41, 5.74) is 21.5. The second-order valence-corrected chi connectivity index (χ2v) is 17.7. The molecule has 0 aliphatic heterocycles. The molecular weight excluding hydrogens is 853 g/mol. The maximum Gasteiger partial charge on any atom is 0.137 e. The summed E-state index contributed by atoms with van der Waals surface area (Å²) in [6.07, 6.45) is 4.19. The summed E-state index contributed by atoms with van der Waals surface area (Å²) in [6.45, 7) is 4.27. The lowest BCUT2D eigenvalue weighted by molar-refractivity contribution is 1.19. The molecule has 0 spiro atoms. The van der Waals surface area contributed by atoms with Crippen molar-refractivity contribution in [1.82, 2.24) is 18.8 Å². The zero-order chi connectivity index (χ0) is 47.0. The molecule has 6 nitrogen and oxygen atoms in total. The van der Waals surface area contributed by atoms with E-state index < -0.39 is 0 Å². The Kier molecular flexibility index (Phi) is 10.9. The van der Waals surface area contributed by atoms with Gasteiger partial charge in [-0.25, -0.2) is 9.97 Å². The second kappa shape index (κ2) is 18.1. The molecule has 0 aliphatic rings. The van der Waals surface area contributed by atoms with Gasteiger partial charge in [-0.05, 0) is 134 Å². The van der Waals surface area contributed by atoms with E-state index in [0.29, 0.717) is 0 Å². The van der Waals surface area contributed by atoms with E-state index in [1.807, 2.05) is 12.1 Å². The van der Waals surface area contributed by atoms with E-state index in [2.05, 4.69) is 275 Å². The van der Waals surface area contributed by atoms with Crippen LogP contribution in [0.25, 0.3) is 67.5 Å². The normalized spacial score (nSPS) is 11.3. The van der Waals surface area contributed by atoms with Gasteiger partial charge in [-0.15, -0.1) is 0 Å². The number of anilines is 6. The zero-order valence-corrected chi connectivity index (χ0v) is 38.9. The first kappa shape index (κ1) is 42.1. The Hall–Kier alpha value is -9.26. The summed E-state index contributed by atoms with van der Waals surface area (Å²) >= 11 is 0. The minimum absolute atomic E-state index is 0.922. The Morgan fingerprint density at radius 3 is 0.971 bits per heavy atom. The fourth-order valence-corrected chi connectivity index (χ4v) is 9.72. The Labute approximate surface area is 408 Å². The van der Waals surface area contributed by atoms with Gasteiger partial charge in [0.1, 0.15) is 11.3 Å². The highest BCUT2D eigenvalue weighted by molar-refractivity contribution is 5.87. The lowest BCUT2D eigenvalue weighted by atomic mass is 10.0. The van der Waals surface area contributed by atoms with E-state index in [1.54, 1.807) is 0 Å². The number of pyridine rings is 2. The zero-order valence-electron chi connectivity index (χ0n) is 38.9. The first-order chi connectivity index (χ1) is 34.5. The number of fused-ring (bicyclic) bond motifs is 2. The maximum atomic E-state index is 5.14. The van der Waals surface area contributed by atoms with Crippen molar-refractivity contribution in [1.29, 1.82) is 0 Å². The second-order valence-electron chi connectivity index (χ2n) is 17.7. The summed E-state index contributed by atoms with van der Waals surface area (Å²) in [5.74, 6) is 0. The van der Waals surface area contributed by atoms with E-state index in [-0.39, 0.29) is 0 Å². The average molecular weight is 901 g/mol. The molecule has 0 aliphatic carbocycles. The van der Waals surface area contributed by atoms with Crippen LogP contribution in [0.3, 0.4) is 0 Å². The molecule has 8 aromatic carbocycles. The number of hydrogen-bond acceptors (Lipinski definition) is 4. The monoisotopic (exact) mass is 900 g/mol. The van der Waals surface area contributed by atoms with Crippen LogP contribution in [0.1, 0.15) is 11.1 Å². The van der Waals surface area contributed by atoms with Gasteiger partial charge in [0.25, 0.3) is 0 Å². The van der Waals surface area contributed by atoms with Crippen molar-refractivity contribution in [2.45, 2.75) is 13.8 Å². The van der Waals surface area contributed by atoms with Gasteiger partial charge in [-0.1, -0.05) is 145 Å². The third-order valence-corrected chi connectivity index (χ3v) is 13.1. The van der Waals surface area contributed by atoms with E-state index in [0.717, 1.165) is 102 Å². The minimum Gasteiger partial charge on any atom is -0.311 e. The van der Waals surface area contributed by atoms with Crippen molar-refractivity contribution >= 4 is 45.4 Å². The molecule has 0 saturated carbocycles. The van der Waals surface area contributed by atoms with Gasteiger partial charge in [0.05, 0.1) is 22.8 Å². The Morgan fingerprint density at radius 2 is 0.614 bits per heavy atom. The minimum atomic E-state index is 0.922. The number of benzene rings is 8. The number of nitrogens with zero attached hydrogens (tertiary/aromatic N) is 6. The predicted molar refractivity (Wildman–Crippen MR) is 290 cm³/mol. The van der Waals surface area contributed by atoms with Crippen molar-refractivity contribution in [2.75, 3.05) is 9.80 Å². The molecule has 70 heavy (non-hydrogen) atoms. The van der Waals surface area contributed by atoms with Crippen LogP contribution in [0.15, 0.2) is 255 Å². The molecule has 0 atom stereocenters. The van der Waals surface area contributed by atoms with E-state index in [4.69, 9.17) is 9.97 Å². The summed E-state index contributed by atoms with van der Waals surface area (Å²) in [5, 5.41) is 0. The van der Waals surface area contributed by atoms with E-state index in [1.165, 1.54) is 11.1 Å². The number of rotatable bonds is 11. The van der Waals surface area contributed by atoms with Crippen LogP contribution in [0.5, 0.6) is 0 Å². The molecule has 0 amide bonds. The highest BCUT2D eigenvalue weighted by Crippen LogP contribution is 2.41. The van der Waals surface area contributed by atoms with Gasteiger partial charge in [0.15, 0.2) is 0 Å². The number of hydrogen-bond donors (Lipinski definition) is 0. The third-order valence-electron chi connectivity index (χ3n) is 13.1. The van der Waals surface area contributed by atoms with Crippen molar-refractivity contribution in [3.05, 3.63) is 266 Å². The summed E-state index contributed by atoms with van der Waals surface area (Å²) in [7, 11) is 0. The topological polar surface area (TPSA) is 41.1 Å². The molecule has 4 aromatic heterocycles. The van der Waals surface area contributed by atoms with E-state index in [9.17, 15) is 0 Å². The molecule has 0 unspecified atom stereocenters. The molecule has 12 rings (SSSR count). The molecule has 12 aromatic rings. The smallest absolute Gasteiger partial charge is 0.137 e. The standard InChI is InChI=1S/C64H48N6/c1-45-15-13-17-51(43-45)63-61(65-59-23-9-11-41-67(59)63)49-29-37-57(38-30-49)69(53-19-5-3-6-20-53)55-33-25-47(26-34-55)48-27-35-56(36-28-48)70(54-21-7-4-8-22-54)58-39-31-50(32-40-58)62-64(52-18-14-16-46(2)44-52)68-42-12-10-24-60(68)66-62/h3-44H,1-2H3. The van der Waals surface area contributed by atoms with Crippen LogP contribution in [-0.2, 0) is 0 Å². The summed E-state index contributed by atoms with van der Waals surface area (Å²) < 4.78 is 4.38. The van der Waals surface area contributed by atoms with Crippen molar-refractivity contribution < 1.29 is 0 Å².